The van der Waals surface area contributed by atoms with Gasteiger partial charge < -0.3 is 4.84 Å². The highest BCUT2D eigenvalue weighted by molar-refractivity contribution is 4.97. The van der Waals surface area contributed by atoms with Gasteiger partial charge in [0.1, 0.15) is 6.33 Å². The zero-order chi connectivity index (χ0) is 7.23. The summed E-state index contributed by atoms with van der Waals surface area (Å²) in [5.41, 5.74) is 0.945. The predicted molar refractivity (Wildman–Crippen MR) is 35.9 cm³/mol. The second-order valence-corrected chi connectivity index (χ2v) is 1.82. The van der Waals surface area contributed by atoms with E-state index < -0.39 is 0 Å². The molecule has 1 aromatic heterocycles. The van der Waals surface area contributed by atoms with Gasteiger partial charge in [0.05, 0.1) is 6.61 Å². The molecule has 0 bridgehead atoms. The Labute approximate surface area is 59.0 Å². The van der Waals surface area contributed by atoms with E-state index in [0.717, 1.165) is 12.1 Å². The zero-order valence-electron chi connectivity index (χ0n) is 5.53. The average molecular weight is 139 g/mol. The average Bonchev–Trinajstić information content (AvgIpc) is 2.03. The van der Waals surface area contributed by atoms with Crippen LogP contribution >= 0.6 is 0 Å². The molecule has 0 aromatic carbocycles. The second kappa shape index (κ2) is 3.92. The van der Waals surface area contributed by atoms with E-state index in [0.29, 0.717) is 6.61 Å². The van der Waals surface area contributed by atoms with Gasteiger partial charge in [-0.05, 0) is 6.07 Å². The summed E-state index contributed by atoms with van der Waals surface area (Å²) in [5, 5.41) is 0. The molecular weight excluding hydrogens is 130 g/mol. The lowest BCUT2D eigenvalue weighted by atomic mass is 10.3. The highest BCUT2D eigenvalue weighted by Crippen LogP contribution is 1.90. The molecule has 0 amide bonds. The molecule has 0 atom stereocenters. The molecule has 0 fully saturated rings. The van der Waals surface area contributed by atoms with Crippen molar-refractivity contribution in [3.63, 3.8) is 0 Å². The molecule has 1 heterocycles. The van der Waals surface area contributed by atoms with Gasteiger partial charge in [0.2, 0.25) is 0 Å². The molecule has 4 heteroatoms. The molecule has 4 nitrogen and oxygen atoms in total. The first kappa shape index (κ1) is 7.11. The maximum Gasteiger partial charge on any atom is 0.115 e. The molecule has 54 valence electrons. The molecule has 0 unspecified atom stereocenters. The van der Waals surface area contributed by atoms with Crippen molar-refractivity contribution in [3.8, 4) is 0 Å². The van der Waals surface area contributed by atoms with Crippen LogP contribution in [-0.2, 0) is 11.3 Å². The van der Waals surface area contributed by atoms with E-state index in [1.165, 1.54) is 6.33 Å². The molecule has 0 saturated heterocycles. The van der Waals surface area contributed by atoms with Gasteiger partial charge in [-0.1, -0.05) is 0 Å². The van der Waals surface area contributed by atoms with Crippen LogP contribution in [0.1, 0.15) is 5.69 Å². The van der Waals surface area contributed by atoms with Gasteiger partial charge in [-0.3, -0.25) is 0 Å². The van der Waals surface area contributed by atoms with Crippen molar-refractivity contribution in [2.45, 2.75) is 6.42 Å². The van der Waals surface area contributed by atoms with Crippen LogP contribution in [0.4, 0.5) is 0 Å². The molecule has 0 aliphatic heterocycles. The van der Waals surface area contributed by atoms with Crippen molar-refractivity contribution in [1.29, 1.82) is 0 Å². The van der Waals surface area contributed by atoms with Crippen LogP contribution < -0.4 is 5.90 Å². The topological polar surface area (TPSA) is 61.0 Å². The Morgan fingerprint density at radius 1 is 1.60 bits per heavy atom. The molecular formula is C6H9N3O. The molecule has 0 saturated carbocycles. The van der Waals surface area contributed by atoms with Crippen LogP contribution in [0.5, 0.6) is 0 Å². The standard InChI is InChI=1S/C6H9N3O/c7-10-4-2-6-1-3-8-5-9-6/h1,3,5H,2,4,7H2. The lowest BCUT2D eigenvalue weighted by Gasteiger charge is -1.95. The summed E-state index contributed by atoms with van der Waals surface area (Å²) in [5.74, 6) is 4.83. The fraction of sp³-hybridized carbons (Fsp3) is 0.333. The number of rotatable bonds is 3. The third kappa shape index (κ3) is 2.08. The third-order valence-corrected chi connectivity index (χ3v) is 1.12. The maximum atomic E-state index is 4.83. The largest absolute Gasteiger partial charge is 0.304 e. The summed E-state index contributed by atoms with van der Waals surface area (Å²) >= 11 is 0. The van der Waals surface area contributed by atoms with Gasteiger partial charge >= 0.3 is 0 Å². The fourth-order valence-electron chi connectivity index (χ4n) is 0.629. The van der Waals surface area contributed by atoms with Gasteiger partial charge in [0.25, 0.3) is 0 Å². The fourth-order valence-corrected chi connectivity index (χ4v) is 0.629. The Hall–Kier alpha value is -1.00. The first-order valence-electron chi connectivity index (χ1n) is 3.00. The highest BCUT2D eigenvalue weighted by atomic mass is 16.6. The number of nitrogens with zero attached hydrogens (tertiary/aromatic N) is 2. The minimum Gasteiger partial charge on any atom is -0.304 e. The quantitative estimate of drug-likeness (QED) is 0.594. The molecule has 1 rings (SSSR count). The minimum atomic E-state index is 0.497. The first-order valence-corrected chi connectivity index (χ1v) is 3.00. The highest BCUT2D eigenvalue weighted by Gasteiger charge is 1.90. The van der Waals surface area contributed by atoms with Crippen molar-refractivity contribution in [2.24, 2.45) is 5.90 Å². The van der Waals surface area contributed by atoms with E-state index in [-0.39, 0.29) is 0 Å². The summed E-state index contributed by atoms with van der Waals surface area (Å²) < 4.78 is 0. The molecule has 2 N–H and O–H groups in total. The predicted octanol–water partition coefficient (Wildman–Crippen LogP) is -0.0906. The zero-order valence-corrected chi connectivity index (χ0v) is 5.53. The molecule has 0 aliphatic rings. The summed E-state index contributed by atoms with van der Waals surface area (Å²) in [6, 6.07) is 1.83. The Balaban J connectivity index is 2.43. The Kier molecular flexibility index (Phi) is 2.79. The van der Waals surface area contributed by atoms with Crippen LogP contribution in [0.2, 0.25) is 0 Å². The van der Waals surface area contributed by atoms with Gasteiger partial charge in [-0.2, -0.15) is 0 Å². The van der Waals surface area contributed by atoms with Crippen LogP contribution in [0, 0.1) is 0 Å². The molecule has 1 aromatic rings. The smallest absolute Gasteiger partial charge is 0.115 e. The molecule has 0 aliphatic carbocycles. The summed E-state index contributed by atoms with van der Waals surface area (Å²) in [6.07, 6.45) is 3.93. The van der Waals surface area contributed by atoms with Crippen LogP contribution in [-0.4, -0.2) is 16.6 Å². The molecule has 0 radical (unpaired) electrons. The maximum absolute atomic E-state index is 4.83. The molecule has 10 heavy (non-hydrogen) atoms. The Bertz CT molecular complexity index is 178. The van der Waals surface area contributed by atoms with Crippen molar-refractivity contribution in [1.82, 2.24) is 9.97 Å². The Morgan fingerprint density at radius 2 is 2.50 bits per heavy atom. The second-order valence-electron chi connectivity index (χ2n) is 1.82. The number of hydrogen-bond acceptors (Lipinski definition) is 4. The van der Waals surface area contributed by atoms with Gasteiger partial charge in [-0.25, -0.2) is 15.9 Å². The van der Waals surface area contributed by atoms with Crippen molar-refractivity contribution < 1.29 is 4.84 Å². The van der Waals surface area contributed by atoms with E-state index >= 15 is 0 Å². The summed E-state index contributed by atoms with van der Waals surface area (Å²) in [6.45, 7) is 0.497. The monoisotopic (exact) mass is 139 g/mol. The Morgan fingerprint density at radius 3 is 3.10 bits per heavy atom. The summed E-state index contributed by atoms with van der Waals surface area (Å²) in [4.78, 5) is 12.1. The van der Waals surface area contributed by atoms with Crippen LogP contribution in [0.15, 0.2) is 18.6 Å². The number of aromatic nitrogens is 2. The van der Waals surface area contributed by atoms with Crippen LogP contribution in [0.25, 0.3) is 0 Å². The SMILES string of the molecule is NOCCc1ccncn1. The van der Waals surface area contributed by atoms with Crippen LogP contribution in [0.3, 0.4) is 0 Å². The third-order valence-electron chi connectivity index (χ3n) is 1.12. The van der Waals surface area contributed by atoms with Crippen molar-refractivity contribution >= 4 is 0 Å². The lowest BCUT2D eigenvalue weighted by Crippen LogP contribution is -2.04. The summed E-state index contributed by atoms with van der Waals surface area (Å²) in [7, 11) is 0. The normalized spacial score (nSPS) is 9.70. The van der Waals surface area contributed by atoms with Crippen molar-refractivity contribution in [2.75, 3.05) is 6.61 Å². The number of nitrogens with two attached hydrogens (primary N) is 1. The van der Waals surface area contributed by atoms with E-state index in [1.54, 1.807) is 6.20 Å². The van der Waals surface area contributed by atoms with Gasteiger partial charge in [-0.15, -0.1) is 0 Å². The van der Waals surface area contributed by atoms with Gasteiger partial charge in [0, 0.05) is 18.3 Å². The van der Waals surface area contributed by atoms with E-state index in [4.69, 9.17) is 5.90 Å². The lowest BCUT2D eigenvalue weighted by molar-refractivity contribution is 0.140. The number of hydrogen-bond donors (Lipinski definition) is 1. The first-order chi connectivity index (χ1) is 4.93. The van der Waals surface area contributed by atoms with E-state index in [9.17, 15) is 0 Å². The van der Waals surface area contributed by atoms with E-state index in [2.05, 4.69) is 14.8 Å². The molecule has 0 spiro atoms. The minimum absolute atomic E-state index is 0.497. The van der Waals surface area contributed by atoms with Crippen molar-refractivity contribution in [3.05, 3.63) is 24.3 Å². The van der Waals surface area contributed by atoms with Gasteiger partial charge in [0.15, 0.2) is 0 Å². The van der Waals surface area contributed by atoms with E-state index in [1.807, 2.05) is 6.07 Å².